The number of hydrogen-bond acceptors (Lipinski definition) is 17. The van der Waals surface area contributed by atoms with E-state index in [4.69, 9.17) is 5.73 Å². The number of H-pyrrole nitrogens is 1. The number of fused-ring (bicyclic) bond motifs is 1. The summed E-state index contributed by atoms with van der Waals surface area (Å²) < 4.78 is 0.412. The second-order valence-electron chi connectivity index (χ2n) is 20.2. The molecule has 1 aromatic carbocycles. The Balaban J connectivity index is 1.74. The number of carboxylic acids is 1. The molecule has 0 bridgehead atoms. The Labute approximate surface area is 469 Å². The van der Waals surface area contributed by atoms with Gasteiger partial charge in [-0.2, -0.15) is 0 Å². The zero-order chi connectivity index (χ0) is 57.3. The van der Waals surface area contributed by atoms with Gasteiger partial charge in [0.05, 0.1) is 40.5 Å². The normalized spacial score (nSPS) is 24.3. The van der Waals surface area contributed by atoms with Crippen molar-refractivity contribution in [3.05, 3.63) is 45.6 Å². The van der Waals surface area contributed by atoms with E-state index in [1.807, 2.05) is 43.4 Å². The number of phenolic OH excluding ortho intramolecular Hbond substituents is 1. The molecule has 0 radical (unpaired) electrons. The van der Waals surface area contributed by atoms with Crippen molar-refractivity contribution in [1.29, 1.82) is 0 Å². The predicted octanol–water partition coefficient (Wildman–Crippen LogP) is -1.27. The van der Waals surface area contributed by atoms with Gasteiger partial charge in [-0.05, 0) is 77.9 Å². The topological polar surface area (TPSA) is 389 Å². The van der Waals surface area contributed by atoms with Crippen LogP contribution in [0.4, 0.5) is 0 Å². The van der Waals surface area contributed by atoms with Crippen molar-refractivity contribution in [2.45, 2.75) is 153 Å². The third kappa shape index (κ3) is 19.9. The van der Waals surface area contributed by atoms with Gasteiger partial charge in [0.1, 0.15) is 48.2 Å². The highest BCUT2D eigenvalue weighted by atomic mass is 127. The summed E-state index contributed by atoms with van der Waals surface area (Å²) in [4.78, 5) is 133. The van der Waals surface area contributed by atoms with E-state index in [9.17, 15) is 63.6 Å². The monoisotopic (exact) mass is 1230 g/mol. The number of benzene rings is 1. The highest BCUT2D eigenvalue weighted by molar-refractivity contribution is 14.1. The average Bonchev–Trinajstić information content (AvgIpc) is 4.04. The van der Waals surface area contributed by atoms with Crippen LogP contribution >= 0.6 is 44.2 Å². The maximum Gasteiger partial charge on any atom is 0.305 e. The van der Waals surface area contributed by atoms with Crippen LogP contribution in [0.2, 0.25) is 0 Å². The Morgan fingerprint density at radius 2 is 1.56 bits per heavy atom. The van der Waals surface area contributed by atoms with E-state index in [1.54, 1.807) is 26.8 Å². The van der Waals surface area contributed by atoms with Gasteiger partial charge in [-0.1, -0.05) is 75.6 Å². The van der Waals surface area contributed by atoms with Crippen LogP contribution in [0.3, 0.4) is 0 Å². The fourth-order valence-electron chi connectivity index (χ4n) is 8.66. The molecule has 12 atom stereocenters. The van der Waals surface area contributed by atoms with Crippen LogP contribution < -0.4 is 48.3 Å². The van der Waals surface area contributed by atoms with Gasteiger partial charge >= 0.3 is 5.97 Å². The Kier molecular flexibility index (Phi) is 25.7. The Bertz CT molecular complexity index is 2370. The smallest absolute Gasteiger partial charge is 0.305 e. The summed E-state index contributed by atoms with van der Waals surface area (Å²) in [6.45, 7) is 10.6. The van der Waals surface area contributed by atoms with Gasteiger partial charge in [0, 0.05) is 49.2 Å². The number of amides is 8. The van der Waals surface area contributed by atoms with Gasteiger partial charge in [-0.3, -0.25) is 48.5 Å². The van der Waals surface area contributed by atoms with Crippen LogP contribution in [-0.2, 0) is 56.0 Å². The molecule has 3 heterocycles. The second kappa shape index (κ2) is 30.8. The molecule has 25 nitrogen and oxygen atoms in total. The minimum atomic E-state index is -1.82. The molecule has 2 aliphatic rings. The number of aliphatic hydroxyl groups excluding tert-OH is 2. The predicted molar refractivity (Wildman–Crippen MR) is 295 cm³/mol. The number of carbonyl (C=O) groups excluding carboxylic acids is 8. The first-order chi connectivity index (χ1) is 36.3. The number of likely N-dealkylation sites (N-methyl/N-ethyl adjacent to an activating group) is 1. The summed E-state index contributed by atoms with van der Waals surface area (Å²) in [6, 6.07) is -7.28. The molecule has 15 N–H and O–H groups in total. The number of aliphatic carboxylic acids is 1. The first kappa shape index (κ1) is 64.3. The number of aromatic nitrogens is 2. The molecule has 77 heavy (non-hydrogen) atoms. The number of aromatic hydroxyl groups is 1. The van der Waals surface area contributed by atoms with Crippen LogP contribution in [0.1, 0.15) is 84.9 Å². The zero-order valence-electron chi connectivity index (χ0n) is 44.2. The van der Waals surface area contributed by atoms with Crippen molar-refractivity contribution in [2.24, 2.45) is 23.5 Å². The van der Waals surface area contributed by atoms with E-state index in [-0.39, 0.29) is 67.7 Å². The number of aliphatic hydroxyl groups is 2. The standard InChI is InChI=1S/C49H75IN12O13S2/c1-8-25(6)40(48(74)55-30(41(51)67)11-23(2)3)61-45(71)33(15-27-18-53-22-54-27)57-46(72)35-20-76-77-21-36(52-7)49(75)62-19-28(63)16-37(62)47(73)59-32(14-26-9-10-38(64)29(50)13-26)43(69)58-34(17-39(65)66)44(70)56-31(12-24(4)5)42(68)60-35/h9-10,13,18,22-25,28,30-37,40,45,52,61,63-64,71H,8,11-12,14-17,19-21H2,1-7H3,(H2,51,67)(H,53,54)(H,55,74)(H,56,70)(H,57,72)(H,58,69)(H,59,73)(H,60,68)(H,65,66)/t25?,28?,30-,31-,32-,33-,34-,35-,36-,37-,40-,45-/m0/s1. The summed E-state index contributed by atoms with van der Waals surface area (Å²) in [5.41, 5.74) is 6.56. The minimum absolute atomic E-state index is 0.00102. The molecule has 4 rings (SSSR count). The number of nitrogens with two attached hydrogens (primary N) is 1. The van der Waals surface area contributed by atoms with Crippen molar-refractivity contribution in [3.63, 3.8) is 0 Å². The fraction of sp³-hybridized carbons (Fsp3) is 0.633. The van der Waals surface area contributed by atoms with Crippen molar-refractivity contribution < 1.29 is 63.6 Å². The molecule has 428 valence electrons. The SMILES string of the molecule is CCC(C)[C@H](N[C@@H](O)[C@H](Cc1cnc[nH]1)NC(=O)[C@@H]1CSSC[C@H](NC)C(=O)N2CC(O)C[C@H]2C(=O)N[C@@H](Cc2ccc(O)c(I)c2)C(=O)N[C@@H](CC(=O)O)C(=O)N[C@@H](CC(C)C)C(=O)N1)C(=O)N[C@@H](CC(C)C)C(N)=O. The number of aromatic amines is 1. The van der Waals surface area contributed by atoms with Gasteiger partial charge < -0.3 is 73.3 Å². The third-order valence-corrected chi connectivity index (χ3v) is 16.3. The lowest BCUT2D eigenvalue weighted by Crippen LogP contribution is -2.63. The summed E-state index contributed by atoms with van der Waals surface area (Å²) in [6.07, 6.45) is -0.701. The lowest BCUT2D eigenvalue weighted by Gasteiger charge is -2.33. The molecule has 2 unspecified atom stereocenters. The number of primary amides is 1. The molecule has 8 amide bonds. The van der Waals surface area contributed by atoms with Gasteiger partial charge in [0.2, 0.25) is 47.3 Å². The molecule has 0 saturated carbocycles. The van der Waals surface area contributed by atoms with E-state index < -0.39 is 132 Å². The van der Waals surface area contributed by atoms with Crippen molar-refractivity contribution >= 4 is 97.4 Å². The first-order valence-corrected chi connectivity index (χ1v) is 29.0. The molecule has 2 aliphatic heterocycles. The van der Waals surface area contributed by atoms with Crippen LogP contribution in [0.25, 0.3) is 0 Å². The number of nitrogens with zero attached hydrogens (tertiary/aromatic N) is 2. The summed E-state index contributed by atoms with van der Waals surface area (Å²) in [5, 5.41) is 64.6. The number of rotatable bonds is 21. The summed E-state index contributed by atoms with van der Waals surface area (Å²) >= 11 is 1.87. The Morgan fingerprint density at radius 1 is 0.909 bits per heavy atom. The first-order valence-electron chi connectivity index (χ1n) is 25.4. The van der Waals surface area contributed by atoms with E-state index in [0.29, 0.717) is 21.2 Å². The molecular weight excluding hydrogens is 1160 g/mol. The summed E-state index contributed by atoms with van der Waals surface area (Å²) in [7, 11) is 3.75. The number of imidazole rings is 1. The molecule has 2 aromatic rings. The van der Waals surface area contributed by atoms with Crippen LogP contribution in [-0.4, -0.2) is 180 Å². The van der Waals surface area contributed by atoms with Gasteiger partial charge in [-0.25, -0.2) is 4.98 Å². The number of halogens is 1. The highest BCUT2D eigenvalue weighted by Crippen LogP contribution is 2.27. The van der Waals surface area contributed by atoms with E-state index in [1.165, 1.54) is 36.6 Å². The van der Waals surface area contributed by atoms with E-state index >= 15 is 0 Å². The zero-order valence-corrected chi connectivity index (χ0v) is 48.0. The average molecular weight is 1230 g/mol. The van der Waals surface area contributed by atoms with Crippen molar-refractivity contribution in [1.82, 2.24) is 57.4 Å². The molecule has 28 heteroatoms. The lowest BCUT2D eigenvalue weighted by atomic mass is 9.96. The highest BCUT2D eigenvalue weighted by Gasteiger charge is 2.43. The van der Waals surface area contributed by atoms with Gasteiger partial charge in [0.25, 0.3) is 0 Å². The van der Waals surface area contributed by atoms with E-state index in [0.717, 1.165) is 21.6 Å². The molecule has 2 fully saturated rings. The number of hydrogen-bond donors (Lipinski definition) is 14. The molecule has 0 spiro atoms. The Hall–Kier alpha value is -5.27. The molecule has 1 aromatic heterocycles. The fourth-order valence-corrected chi connectivity index (χ4v) is 11.6. The minimum Gasteiger partial charge on any atom is -0.507 e. The molecule has 2 saturated heterocycles. The Morgan fingerprint density at radius 3 is 2.16 bits per heavy atom. The van der Waals surface area contributed by atoms with Crippen molar-refractivity contribution in [2.75, 3.05) is 25.1 Å². The summed E-state index contributed by atoms with van der Waals surface area (Å²) in [5.74, 6) is -8.91. The van der Waals surface area contributed by atoms with Crippen LogP contribution in [0.15, 0.2) is 30.7 Å². The largest absolute Gasteiger partial charge is 0.507 e. The number of carboxylic acid groups (broad SMARTS) is 1. The maximum absolute atomic E-state index is 14.7. The quantitative estimate of drug-likeness (QED) is 0.0394. The van der Waals surface area contributed by atoms with Crippen LogP contribution in [0, 0.1) is 21.3 Å². The second-order valence-corrected chi connectivity index (χ2v) is 23.9. The maximum atomic E-state index is 14.7. The van der Waals surface area contributed by atoms with Crippen molar-refractivity contribution in [3.8, 4) is 5.75 Å². The number of nitrogens with one attached hydrogen (secondary N) is 9. The van der Waals surface area contributed by atoms with Gasteiger partial charge in [-0.15, -0.1) is 0 Å². The third-order valence-electron chi connectivity index (χ3n) is 13.1. The molecular formula is C49H75IN12O13S2. The molecule has 0 aliphatic carbocycles. The van der Waals surface area contributed by atoms with E-state index in [2.05, 4.69) is 52.5 Å². The lowest BCUT2D eigenvalue weighted by molar-refractivity contribution is -0.142. The number of carbonyl (C=O) groups is 9. The number of phenols is 1. The van der Waals surface area contributed by atoms with Crippen LogP contribution in [0.5, 0.6) is 5.75 Å². The van der Waals surface area contributed by atoms with Gasteiger partial charge in [0.15, 0.2) is 0 Å².